The van der Waals surface area contributed by atoms with Crippen molar-refractivity contribution in [1.29, 1.82) is 0 Å². The minimum absolute atomic E-state index is 0.132. The smallest absolute Gasteiger partial charge is 0.405 e. The van der Waals surface area contributed by atoms with Crippen LogP contribution in [0.4, 0.5) is 4.79 Å². The second-order valence-electron chi connectivity index (χ2n) is 10.6. The molecule has 11 heteroatoms. The number of carbonyl (C=O) groups is 4. The molecule has 1 heterocycles. The molecule has 2 aliphatic rings. The lowest BCUT2D eigenvalue weighted by molar-refractivity contribution is -0.120. The van der Waals surface area contributed by atoms with Gasteiger partial charge in [0, 0.05) is 43.9 Å². The predicted octanol–water partition coefficient (Wildman–Crippen LogP) is 2.54. The number of primary amides is 1. The first-order valence-electron chi connectivity index (χ1n) is 13.8. The van der Waals surface area contributed by atoms with Crippen LogP contribution in [0, 0.1) is 11.8 Å². The van der Waals surface area contributed by atoms with Crippen LogP contribution in [-0.4, -0.2) is 73.9 Å². The zero-order valence-electron chi connectivity index (χ0n) is 25.1. The normalized spacial score (nSPS) is 30.4. The van der Waals surface area contributed by atoms with Crippen molar-refractivity contribution in [3.8, 4) is 0 Å². The summed E-state index contributed by atoms with van der Waals surface area (Å²) in [5.41, 5.74) is 6.42. The van der Waals surface area contributed by atoms with Crippen molar-refractivity contribution in [3.05, 3.63) is 71.1 Å². The molecule has 2 rings (SSSR count). The first kappa shape index (κ1) is 34.4. The molecular weight excluding hydrogens is 542 g/mol. The molecule has 0 aromatic carbocycles. The molecule has 6 atom stereocenters. The quantitative estimate of drug-likeness (QED) is 0.271. The van der Waals surface area contributed by atoms with Gasteiger partial charge in [-0.05, 0) is 38.2 Å². The third-order valence-corrected chi connectivity index (χ3v) is 7.22. The Kier molecular flexibility index (Phi) is 13.1. The average Bonchev–Trinajstić information content (AvgIpc) is 2.94. The Morgan fingerprint density at radius 3 is 2.50 bits per heavy atom. The van der Waals surface area contributed by atoms with Gasteiger partial charge < -0.3 is 35.7 Å². The van der Waals surface area contributed by atoms with Crippen LogP contribution in [0.5, 0.6) is 0 Å². The van der Waals surface area contributed by atoms with Crippen LogP contribution in [0.3, 0.4) is 0 Å². The van der Waals surface area contributed by atoms with Crippen molar-refractivity contribution in [2.75, 3.05) is 20.8 Å². The number of aliphatic hydroxyl groups is 1. The number of aliphatic hydroxyl groups excluding tert-OH is 1. The summed E-state index contributed by atoms with van der Waals surface area (Å²) in [6, 6.07) is 0. The third kappa shape index (κ3) is 9.10. The molecule has 11 nitrogen and oxygen atoms in total. The minimum Gasteiger partial charge on any atom is -0.439 e. The van der Waals surface area contributed by atoms with Gasteiger partial charge in [0.25, 0.3) is 5.91 Å². The topological polar surface area (TPSA) is 166 Å². The Morgan fingerprint density at radius 1 is 1.21 bits per heavy atom. The van der Waals surface area contributed by atoms with Crippen LogP contribution in [-0.2, 0) is 28.6 Å². The summed E-state index contributed by atoms with van der Waals surface area (Å²) < 4.78 is 16.6. The molecular formula is C31H43N3O8. The monoisotopic (exact) mass is 585 g/mol. The Labute approximate surface area is 247 Å². The van der Waals surface area contributed by atoms with Crippen molar-refractivity contribution < 1.29 is 38.5 Å². The van der Waals surface area contributed by atoms with Crippen LogP contribution >= 0.6 is 0 Å². The van der Waals surface area contributed by atoms with Gasteiger partial charge in [-0.15, -0.1) is 6.58 Å². The van der Waals surface area contributed by atoms with Gasteiger partial charge in [0.05, 0.1) is 23.6 Å². The number of amides is 2. The van der Waals surface area contributed by atoms with E-state index < -0.39 is 53.9 Å². The van der Waals surface area contributed by atoms with E-state index in [9.17, 15) is 24.3 Å². The Bertz CT molecular complexity index is 1210. The van der Waals surface area contributed by atoms with Crippen molar-refractivity contribution in [1.82, 2.24) is 10.6 Å². The fourth-order valence-electron chi connectivity index (χ4n) is 4.95. The number of hydrogen-bond donors (Lipinski definition) is 4. The lowest BCUT2D eigenvalue weighted by Gasteiger charge is -2.30. The largest absolute Gasteiger partial charge is 0.439 e. The highest BCUT2D eigenvalue weighted by Gasteiger charge is 2.33. The number of ketones is 2. The zero-order chi connectivity index (χ0) is 31.6. The van der Waals surface area contributed by atoms with E-state index in [0.29, 0.717) is 12.0 Å². The van der Waals surface area contributed by atoms with Gasteiger partial charge >= 0.3 is 6.09 Å². The Hall–Kier alpha value is -3.80. The van der Waals surface area contributed by atoms with Crippen LogP contribution in [0.2, 0.25) is 0 Å². The van der Waals surface area contributed by atoms with E-state index in [1.54, 1.807) is 45.1 Å². The van der Waals surface area contributed by atoms with Crippen LogP contribution in [0.15, 0.2) is 71.1 Å². The van der Waals surface area contributed by atoms with Gasteiger partial charge in [-0.3, -0.25) is 14.4 Å². The summed E-state index contributed by atoms with van der Waals surface area (Å²) in [7, 11) is 2.92. The molecule has 0 saturated heterocycles. The molecule has 5 N–H and O–H groups in total. The summed E-state index contributed by atoms with van der Waals surface area (Å²) >= 11 is 0. The number of carbonyl (C=O) groups excluding carboxylic acids is 4. The van der Waals surface area contributed by atoms with E-state index >= 15 is 0 Å². The molecule has 1 aliphatic carbocycles. The van der Waals surface area contributed by atoms with E-state index in [4.69, 9.17) is 19.9 Å². The number of Topliss-reactive ketones (excluding diaryl/α,β-unsaturated/α-hetero) is 1. The number of hydrogen-bond acceptors (Lipinski definition) is 9. The highest BCUT2D eigenvalue weighted by atomic mass is 16.6. The van der Waals surface area contributed by atoms with Crippen LogP contribution in [0.25, 0.3) is 0 Å². The fourth-order valence-corrected chi connectivity index (χ4v) is 4.95. The Balaban J connectivity index is 2.62. The summed E-state index contributed by atoms with van der Waals surface area (Å²) in [5, 5.41) is 16.7. The number of fused-ring (bicyclic) bond motifs is 2. The minimum atomic E-state index is -1.00. The van der Waals surface area contributed by atoms with Gasteiger partial charge in [-0.2, -0.15) is 0 Å². The average molecular weight is 586 g/mol. The molecule has 1 unspecified atom stereocenters. The van der Waals surface area contributed by atoms with E-state index in [1.165, 1.54) is 20.3 Å². The van der Waals surface area contributed by atoms with E-state index in [-0.39, 0.29) is 41.4 Å². The third-order valence-electron chi connectivity index (χ3n) is 7.22. The van der Waals surface area contributed by atoms with Gasteiger partial charge in [0.15, 0.2) is 6.10 Å². The van der Waals surface area contributed by atoms with Crippen molar-refractivity contribution >= 4 is 23.6 Å². The fraction of sp³-hybridized carbons (Fsp3) is 0.484. The molecule has 2 amide bonds. The summed E-state index contributed by atoms with van der Waals surface area (Å²) in [6.07, 6.45) is 5.34. The number of methoxy groups -OCH3 is 2. The van der Waals surface area contributed by atoms with Gasteiger partial charge in [-0.1, -0.05) is 44.2 Å². The number of ether oxygens (including phenoxy) is 3. The first-order chi connectivity index (χ1) is 19.8. The molecule has 0 saturated carbocycles. The molecule has 0 fully saturated rings. The lowest BCUT2D eigenvalue weighted by Crippen LogP contribution is -2.37. The van der Waals surface area contributed by atoms with Crippen molar-refractivity contribution in [3.63, 3.8) is 0 Å². The molecule has 0 aromatic heterocycles. The maximum Gasteiger partial charge on any atom is 0.405 e. The lowest BCUT2D eigenvalue weighted by atomic mass is 9.85. The van der Waals surface area contributed by atoms with Gasteiger partial charge in [-0.25, -0.2) is 4.79 Å². The molecule has 42 heavy (non-hydrogen) atoms. The Morgan fingerprint density at radius 2 is 1.90 bits per heavy atom. The SMILES string of the molecule is C=CCNC1=C2C[C@@H](C)CC(OC)[C@H](O)[C@@H](C)/C=C(/C)[C@H](OC(N)=O)[C@@H](OC)/C=C\C=C(C)C(=O)NC(=CC1=O)C2=O. The standard InChI is InChI=1S/C31H43N3O8/c1-8-12-33-26-21-13-17(2)14-25(41-7)27(36)19(4)15-20(5)29(42-31(32)39)24(40-6)11-9-10-18(3)30(38)34-22(28(21)37)16-23(26)35/h8-11,15-17,19,24-25,27,29,33,36H,1,12-14H2,2-7H3,(H2,32,39)(H,34,38)/b11-9-,18-10?,20-15-/t17-,19+,24+,25?,27-,29+/m1/s1. The summed E-state index contributed by atoms with van der Waals surface area (Å²) in [6.45, 7) is 10.9. The molecule has 0 spiro atoms. The number of nitrogens with one attached hydrogen (secondary N) is 2. The maximum absolute atomic E-state index is 13.5. The second kappa shape index (κ2) is 16.0. The molecule has 1 aliphatic heterocycles. The van der Waals surface area contributed by atoms with Crippen LogP contribution in [0.1, 0.15) is 40.5 Å². The number of nitrogens with two attached hydrogens (primary N) is 1. The second-order valence-corrected chi connectivity index (χ2v) is 10.6. The molecule has 0 radical (unpaired) electrons. The number of allylic oxidation sites excluding steroid dienone is 4. The van der Waals surface area contributed by atoms with E-state index in [2.05, 4.69) is 17.2 Å². The van der Waals surface area contributed by atoms with Gasteiger partial charge in [0.2, 0.25) is 11.6 Å². The molecule has 0 aromatic rings. The number of rotatable bonds is 6. The van der Waals surface area contributed by atoms with Crippen molar-refractivity contribution in [2.45, 2.75) is 65.0 Å². The summed E-state index contributed by atoms with van der Waals surface area (Å²) in [4.78, 5) is 51.3. The maximum atomic E-state index is 13.5. The van der Waals surface area contributed by atoms with E-state index in [1.807, 2.05) is 6.92 Å². The summed E-state index contributed by atoms with van der Waals surface area (Å²) in [5.74, 6) is -2.14. The highest BCUT2D eigenvalue weighted by Crippen LogP contribution is 2.28. The molecule has 2 bridgehead atoms. The highest BCUT2D eigenvalue weighted by molar-refractivity contribution is 6.23. The van der Waals surface area contributed by atoms with Crippen molar-refractivity contribution in [2.24, 2.45) is 17.6 Å². The van der Waals surface area contributed by atoms with E-state index in [0.717, 1.165) is 6.08 Å². The first-order valence-corrected chi connectivity index (χ1v) is 13.8. The predicted molar refractivity (Wildman–Crippen MR) is 158 cm³/mol. The van der Waals surface area contributed by atoms with Crippen LogP contribution < -0.4 is 16.4 Å². The zero-order valence-corrected chi connectivity index (χ0v) is 25.1. The van der Waals surface area contributed by atoms with Gasteiger partial charge in [0.1, 0.15) is 6.10 Å². The molecule has 230 valence electrons.